The van der Waals surface area contributed by atoms with Crippen LogP contribution < -0.4 is 5.32 Å². The Morgan fingerprint density at radius 2 is 2.24 bits per heavy atom. The number of halogens is 1. The van der Waals surface area contributed by atoms with Crippen molar-refractivity contribution >= 4 is 11.6 Å². The van der Waals surface area contributed by atoms with E-state index in [0.717, 1.165) is 36.9 Å². The van der Waals surface area contributed by atoms with E-state index >= 15 is 0 Å². The normalized spacial score (nSPS) is 22.8. The predicted molar refractivity (Wildman–Crippen MR) is 87.8 cm³/mol. The minimum atomic E-state index is 0.497. The number of nitrogens with zero attached hydrogens (tertiary/aromatic N) is 1. The molecule has 1 atom stereocenters. The standard InChI is InChI=1S/C17H27ClN2O/c1-3-6-20-15(8-13-9-16(10-13)21-4-2)11-14-5-7-19-12-17(14)18/h5,7,12-13,15-16,20H,3-4,6,8-11H2,1-2H3. The third kappa shape index (κ3) is 5.24. The van der Waals surface area contributed by atoms with Crippen LogP contribution in [0.3, 0.4) is 0 Å². The van der Waals surface area contributed by atoms with Gasteiger partial charge in [0, 0.05) is 25.0 Å². The van der Waals surface area contributed by atoms with Crippen LogP contribution in [0.5, 0.6) is 0 Å². The molecule has 21 heavy (non-hydrogen) atoms. The number of hydrogen-bond acceptors (Lipinski definition) is 3. The highest BCUT2D eigenvalue weighted by atomic mass is 35.5. The zero-order valence-corrected chi connectivity index (χ0v) is 13.9. The molecule has 0 spiro atoms. The highest BCUT2D eigenvalue weighted by Gasteiger charge is 2.31. The van der Waals surface area contributed by atoms with E-state index in [-0.39, 0.29) is 0 Å². The third-order valence-electron chi connectivity index (χ3n) is 4.22. The molecule has 1 aromatic rings. The fraction of sp³-hybridized carbons (Fsp3) is 0.706. The second-order valence-corrected chi connectivity index (χ2v) is 6.38. The van der Waals surface area contributed by atoms with E-state index in [2.05, 4.69) is 24.1 Å². The summed E-state index contributed by atoms with van der Waals surface area (Å²) >= 11 is 6.24. The molecule has 118 valence electrons. The average molecular weight is 311 g/mol. The Bertz CT molecular complexity index is 421. The van der Waals surface area contributed by atoms with Gasteiger partial charge in [0.25, 0.3) is 0 Å². The van der Waals surface area contributed by atoms with Crippen LogP contribution in [0.2, 0.25) is 5.02 Å². The number of ether oxygens (including phenoxy) is 1. The van der Waals surface area contributed by atoms with Gasteiger partial charge >= 0.3 is 0 Å². The molecule has 2 rings (SSSR count). The SMILES string of the molecule is CCCNC(Cc1ccncc1Cl)CC1CC(OCC)C1. The van der Waals surface area contributed by atoms with Crippen LogP contribution in [0.25, 0.3) is 0 Å². The summed E-state index contributed by atoms with van der Waals surface area (Å²) in [6.07, 6.45) is 9.84. The minimum absolute atomic E-state index is 0.497. The van der Waals surface area contributed by atoms with Gasteiger partial charge in [0.15, 0.2) is 0 Å². The van der Waals surface area contributed by atoms with Gasteiger partial charge < -0.3 is 10.1 Å². The number of aromatic nitrogens is 1. The summed E-state index contributed by atoms with van der Waals surface area (Å²) in [5.41, 5.74) is 1.20. The lowest BCUT2D eigenvalue weighted by molar-refractivity contribution is -0.0290. The van der Waals surface area contributed by atoms with Gasteiger partial charge in [0.05, 0.1) is 11.1 Å². The highest BCUT2D eigenvalue weighted by molar-refractivity contribution is 6.31. The molecule has 0 bridgehead atoms. The molecule has 0 aliphatic heterocycles. The summed E-state index contributed by atoms with van der Waals surface area (Å²) in [5, 5.41) is 4.45. The Kier molecular flexibility index (Phi) is 6.94. The van der Waals surface area contributed by atoms with E-state index in [4.69, 9.17) is 16.3 Å². The Morgan fingerprint density at radius 1 is 1.43 bits per heavy atom. The van der Waals surface area contributed by atoms with E-state index in [1.165, 1.54) is 24.8 Å². The zero-order valence-electron chi connectivity index (χ0n) is 13.1. The molecule has 4 heteroatoms. The first-order valence-corrected chi connectivity index (χ1v) is 8.54. The van der Waals surface area contributed by atoms with Crippen molar-refractivity contribution in [3.05, 3.63) is 29.0 Å². The molecule has 1 saturated carbocycles. The van der Waals surface area contributed by atoms with Crippen molar-refractivity contribution in [3.63, 3.8) is 0 Å². The molecule has 0 radical (unpaired) electrons. The highest BCUT2D eigenvalue weighted by Crippen LogP contribution is 2.34. The van der Waals surface area contributed by atoms with Gasteiger partial charge in [0.1, 0.15) is 0 Å². The van der Waals surface area contributed by atoms with Crippen LogP contribution in [0.4, 0.5) is 0 Å². The third-order valence-corrected chi connectivity index (χ3v) is 4.56. The van der Waals surface area contributed by atoms with E-state index in [1.807, 2.05) is 12.3 Å². The van der Waals surface area contributed by atoms with E-state index in [0.29, 0.717) is 12.1 Å². The fourth-order valence-corrected chi connectivity index (χ4v) is 3.26. The van der Waals surface area contributed by atoms with E-state index in [1.54, 1.807) is 6.20 Å². The van der Waals surface area contributed by atoms with Crippen LogP contribution in [0.1, 0.15) is 45.1 Å². The first kappa shape index (κ1) is 16.7. The molecule has 3 nitrogen and oxygen atoms in total. The largest absolute Gasteiger partial charge is 0.378 e. The topological polar surface area (TPSA) is 34.2 Å². The number of nitrogens with one attached hydrogen (secondary N) is 1. The summed E-state index contributed by atoms with van der Waals surface area (Å²) in [6, 6.07) is 2.53. The zero-order chi connectivity index (χ0) is 15.1. The summed E-state index contributed by atoms with van der Waals surface area (Å²) < 4.78 is 5.66. The molecule has 0 amide bonds. The Labute approximate surface area is 133 Å². The van der Waals surface area contributed by atoms with Gasteiger partial charge in [-0.3, -0.25) is 4.98 Å². The van der Waals surface area contributed by atoms with Crippen LogP contribution in [-0.2, 0) is 11.2 Å². The van der Waals surface area contributed by atoms with Gasteiger partial charge in [-0.15, -0.1) is 0 Å². The van der Waals surface area contributed by atoms with Crippen molar-refractivity contribution in [2.45, 2.75) is 58.1 Å². The lowest BCUT2D eigenvalue weighted by Crippen LogP contribution is -2.39. The number of rotatable bonds is 9. The molecule has 1 aliphatic rings. The van der Waals surface area contributed by atoms with Gasteiger partial charge in [-0.05, 0) is 63.1 Å². The summed E-state index contributed by atoms with van der Waals surface area (Å²) in [5.74, 6) is 0.788. The lowest BCUT2D eigenvalue weighted by Gasteiger charge is -2.37. The molecule has 1 fully saturated rings. The quantitative estimate of drug-likeness (QED) is 0.752. The molecular weight excluding hydrogens is 284 g/mol. The van der Waals surface area contributed by atoms with Crippen LogP contribution in [0, 0.1) is 5.92 Å². The maximum atomic E-state index is 6.24. The smallest absolute Gasteiger partial charge is 0.0621 e. The molecule has 1 aliphatic carbocycles. The first-order valence-electron chi connectivity index (χ1n) is 8.16. The molecule has 0 saturated heterocycles. The number of pyridine rings is 1. The maximum Gasteiger partial charge on any atom is 0.0621 e. The summed E-state index contributed by atoms with van der Waals surface area (Å²) in [4.78, 5) is 4.06. The monoisotopic (exact) mass is 310 g/mol. The summed E-state index contributed by atoms with van der Waals surface area (Å²) in [7, 11) is 0. The van der Waals surface area contributed by atoms with Gasteiger partial charge in [0.2, 0.25) is 0 Å². The molecule has 1 aromatic heterocycles. The van der Waals surface area contributed by atoms with Crippen LogP contribution in [-0.4, -0.2) is 30.3 Å². The molecule has 1 N–H and O–H groups in total. The minimum Gasteiger partial charge on any atom is -0.378 e. The Morgan fingerprint density at radius 3 is 2.90 bits per heavy atom. The Balaban J connectivity index is 1.85. The second-order valence-electron chi connectivity index (χ2n) is 5.97. The molecular formula is C17H27ClN2O. The average Bonchev–Trinajstić information content (AvgIpc) is 2.44. The van der Waals surface area contributed by atoms with Crippen molar-refractivity contribution in [2.24, 2.45) is 5.92 Å². The number of hydrogen-bond donors (Lipinski definition) is 1. The van der Waals surface area contributed by atoms with Crippen molar-refractivity contribution in [2.75, 3.05) is 13.2 Å². The van der Waals surface area contributed by atoms with Crippen molar-refractivity contribution in [1.82, 2.24) is 10.3 Å². The van der Waals surface area contributed by atoms with E-state index in [9.17, 15) is 0 Å². The summed E-state index contributed by atoms with van der Waals surface area (Å²) in [6.45, 7) is 6.18. The van der Waals surface area contributed by atoms with Crippen molar-refractivity contribution < 1.29 is 4.74 Å². The van der Waals surface area contributed by atoms with Crippen molar-refractivity contribution in [3.8, 4) is 0 Å². The van der Waals surface area contributed by atoms with Crippen LogP contribution >= 0.6 is 11.6 Å². The molecule has 1 unspecified atom stereocenters. The first-order chi connectivity index (χ1) is 10.2. The van der Waals surface area contributed by atoms with Gasteiger partial charge in [-0.1, -0.05) is 18.5 Å². The van der Waals surface area contributed by atoms with Gasteiger partial charge in [-0.25, -0.2) is 0 Å². The predicted octanol–water partition coefficient (Wildman–Crippen LogP) is 3.85. The second kappa shape index (κ2) is 8.72. The lowest BCUT2D eigenvalue weighted by atomic mass is 9.77. The van der Waals surface area contributed by atoms with Crippen molar-refractivity contribution in [1.29, 1.82) is 0 Å². The maximum absolute atomic E-state index is 6.24. The van der Waals surface area contributed by atoms with E-state index < -0.39 is 0 Å². The molecule has 0 aromatic carbocycles. The van der Waals surface area contributed by atoms with Crippen LogP contribution in [0.15, 0.2) is 18.5 Å². The Hall–Kier alpha value is -0.640. The van der Waals surface area contributed by atoms with Gasteiger partial charge in [-0.2, -0.15) is 0 Å². The molecule has 1 heterocycles. The fourth-order valence-electron chi connectivity index (χ4n) is 3.06.